The molecule has 3 atom stereocenters. The summed E-state index contributed by atoms with van der Waals surface area (Å²) in [6.45, 7) is 9.76. The highest BCUT2D eigenvalue weighted by Crippen LogP contribution is 2.33. The van der Waals surface area contributed by atoms with Crippen molar-refractivity contribution in [2.24, 2.45) is 10.9 Å². The van der Waals surface area contributed by atoms with Gasteiger partial charge in [-0.15, -0.1) is 24.0 Å². The molecular formula is C18H37IN4O. The predicted octanol–water partition coefficient (Wildman–Crippen LogP) is 2.58. The van der Waals surface area contributed by atoms with Crippen molar-refractivity contribution in [3.63, 3.8) is 0 Å². The molecule has 1 aliphatic heterocycles. The molecule has 0 aromatic carbocycles. The van der Waals surface area contributed by atoms with Gasteiger partial charge < -0.3 is 15.7 Å². The van der Waals surface area contributed by atoms with Crippen LogP contribution in [0.2, 0.25) is 0 Å². The number of halogens is 1. The highest BCUT2D eigenvalue weighted by molar-refractivity contribution is 14.0. The van der Waals surface area contributed by atoms with E-state index in [0.29, 0.717) is 18.0 Å². The summed E-state index contributed by atoms with van der Waals surface area (Å²) < 4.78 is 0. The molecule has 0 radical (unpaired) electrons. The van der Waals surface area contributed by atoms with Crippen molar-refractivity contribution in [1.29, 1.82) is 0 Å². The van der Waals surface area contributed by atoms with E-state index in [-0.39, 0.29) is 30.6 Å². The number of likely N-dealkylation sites (tertiary alicyclic amines) is 1. The van der Waals surface area contributed by atoms with E-state index in [1.54, 1.807) is 0 Å². The minimum atomic E-state index is 0. The van der Waals surface area contributed by atoms with Crippen LogP contribution in [-0.4, -0.2) is 60.3 Å². The van der Waals surface area contributed by atoms with E-state index in [1.165, 1.54) is 19.3 Å². The molecule has 1 saturated heterocycles. The van der Waals surface area contributed by atoms with Gasteiger partial charge in [0.15, 0.2) is 5.96 Å². The van der Waals surface area contributed by atoms with Gasteiger partial charge in [-0.25, -0.2) is 0 Å². The minimum Gasteiger partial charge on any atom is -0.396 e. The lowest BCUT2D eigenvalue weighted by Gasteiger charge is -2.20. The topological polar surface area (TPSA) is 59.9 Å². The Morgan fingerprint density at radius 1 is 1.29 bits per heavy atom. The van der Waals surface area contributed by atoms with Crippen LogP contribution in [0.1, 0.15) is 59.3 Å². The number of aliphatic hydroxyl groups is 1. The van der Waals surface area contributed by atoms with Crippen molar-refractivity contribution in [1.82, 2.24) is 15.5 Å². The van der Waals surface area contributed by atoms with Crippen LogP contribution in [0.15, 0.2) is 4.99 Å². The van der Waals surface area contributed by atoms with Gasteiger partial charge in [-0.1, -0.05) is 13.3 Å². The Morgan fingerprint density at radius 3 is 2.62 bits per heavy atom. The number of guanidine groups is 1. The summed E-state index contributed by atoms with van der Waals surface area (Å²) in [5.41, 5.74) is 0. The van der Waals surface area contributed by atoms with Crippen LogP contribution in [0.3, 0.4) is 0 Å². The van der Waals surface area contributed by atoms with E-state index >= 15 is 0 Å². The first kappa shape index (κ1) is 22.0. The fourth-order valence-electron chi connectivity index (χ4n) is 3.73. The molecule has 3 N–H and O–H groups in total. The first-order chi connectivity index (χ1) is 11.2. The van der Waals surface area contributed by atoms with Crippen molar-refractivity contribution in [2.75, 3.05) is 26.2 Å². The van der Waals surface area contributed by atoms with Crippen LogP contribution in [0.4, 0.5) is 0 Å². The van der Waals surface area contributed by atoms with Gasteiger partial charge in [0.25, 0.3) is 0 Å². The van der Waals surface area contributed by atoms with E-state index in [1.807, 2.05) is 0 Å². The third kappa shape index (κ3) is 7.04. The zero-order valence-electron chi connectivity index (χ0n) is 15.6. The van der Waals surface area contributed by atoms with Crippen LogP contribution < -0.4 is 10.6 Å². The summed E-state index contributed by atoms with van der Waals surface area (Å²) in [7, 11) is 0. The smallest absolute Gasteiger partial charge is 0.191 e. The Bertz CT molecular complexity index is 370. The van der Waals surface area contributed by atoms with Gasteiger partial charge in [-0.3, -0.25) is 9.89 Å². The average molecular weight is 452 g/mol. The molecule has 0 bridgehead atoms. The summed E-state index contributed by atoms with van der Waals surface area (Å²) in [5, 5.41) is 16.2. The van der Waals surface area contributed by atoms with E-state index < -0.39 is 0 Å². The molecule has 142 valence electrons. The maximum atomic E-state index is 9.19. The van der Waals surface area contributed by atoms with Gasteiger partial charge in [0.2, 0.25) is 0 Å². The SMILES string of the molecule is CCCC(CCO)CN=C(NCC)NC1CC(C)N(C2CC2)C1.I. The molecule has 2 rings (SSSR count). The highest BCUT2D eigenvalue weighted by atomic mass is 127. The number of aliphatic imine (C=N–C) groups is 1. The van der Waals surface area contributed by atoms with Crippen LogP contribution >= 0.6 is 24.0 Å². The third-order valence-corrected chi connectivity index (χ3v) is 5.07. The first-order valence-corrected chi connectivity index (χ1v) is 9.59. The lowest BCUT2D eigenvalue weighted by atomic mass is 10.0. The van der Waals surface area contributed by atoms with Crippen LogP contribution in [0.5, 0.6) is 0 Å². The number of nitrogens with zero attached hydrogens (tertiary/aromatic N) is 2. The summed E-state index contributed by atoms with van der Waals surface area (Å²) in [5.74, 6) is 1.44. The molecule has 1 aliphatic carbocycles. The second-order valence-electron chi connectivity index (χ2n) is 7.24. The van der Waals surface area contributed by atoms with Gasteiger partial charge in [0.1, 0.15) is 0 Å². The van der Waals surface area contributed by atoms with Crippen molar-refractivity contribution in [3.8, 4) is 0 Å². The van der Waals surface area contributed by atoms with Gasteiger partial charge in [-0.05, 0) is 51.9 Å². The van der Waals surface area contributed by atoms with Gasteiger partial charge >= 0.3 is 0 Å². The third-order valence-electron chi connectivity index (χ3n) is 5.07. The zero-order chi connectivity index (χ0) is 16.7. The van der Waals surface area contributed by atoms with E-state index in [4.69, 9.17) is 4.99 Å². The van der Waals surface area contributed by atoms with Crippen LogP contribution in [0.25, 0.3) is 0 Å². The lowest BCUT2D eigenvalue weighted by molar-refractivity contribution is 0.253. The molecule has 0 aromatic rings. The molecule has 6 heteroatoms. The molecule has 2 fully saturated rings. The second-order valence-corrected chi connectivity index (χ2v) is 7.24. The van der Waals surface area contributed by atoms with Crippen molar-refractivity contribution < 1.29 is 5.11 Å². The fraction of sp³-hybridized carbons (Fsp3) is 0.944. The molecule has 5 nitrogen and oxygen atoms in total. The number of rotatable bonds is 9. The molecule has 0 aromatic heterocycles. The summed E-state index contributed by atoms with van der Waals surface area (Å²) in [6, 6.07) is 2.03. The minimum absolute atomic E-state index is 0. The molecule has 0 amide bonds. The number of hydrogen-bond acceptors (Lipinski definition) is 3. The standard InChI is InChI=1S/C18H36N4O.HI/c1-4-6-15(9-10-23)12-20-18(19-5-2)21-16-11-14(3)22(13-16)17-7-8-17;/h14-17,23H,4-13H2,1-3H3,(H2,19,20,21);1H. The Labute approximate surface area is 165 Å². The number of hydrogen-bond donors (Lipinski definition) is 3. The molecule has 0 spiro atoms. The quantitative estimate of drug-likeness (QED) is 0.286. The molecule has 3 unspecified atom stereocenters. The Kier molecular flexibility index (Phi) is 10.5. The fourth-order valence-corrected chi connectivity index (χ4v) is 3.73. The Hall–Kier alpha value is -0.0800. The van der Waals surface area contributed by atoms with Crippen LogP contribution in [0, 0.1) is 5.92 Å². The number of aliphatic hydroxyl groups excluding tert-OH is 1. The summed E-state index contributed by atoms with van der Waals surface area (Å²) in [4.78, 5) is 7.45. The van der Waals surface area contributed by atoms with E-state index in [0.717, 1.165) is 50.9 Å². The predicted molar refractivity (Wildman–Crippen MR) is 112 cm³/mol. The van der Waals surface area contributed by atoms with Crippen molar-refractivity contribution in [3.05, 3.63) is 0 Å². The maximum absolute atomic E-state index is 9.19. The second kappa shape index (κ2) is 11.5. The zero-order valence-corrected chi connectivity index (χ0v) is 18.0. The molecule has 24 heavy (non-hydrogen) atoms. The van der Waals surface area contributed by atoms with Gasteiger partial charge in [0.05, 0.1) is 0 Å². The van der Waals surface area contributed by atoms with Crippen LogP contribution in [-0.2, 0) is 0 Å². The molecular weight excluding hydrogens is 415 g/mol. The first-order valence-electron chi connectivity index (χ1n) is 9.59. The van der Waals surface area contributed by atoms with Crippen molar-refractivity contribution >= 4 is 29.9 Å². The largest absolute Gasteiger partial charge is 0.396 e. The normalized spacial score (nSPS) is 26.1. The molecule has 1 heterocycles. The Balaban J connectivity index is 0.00000288. The van der Waals surface area contributed by atoms with Crippen molar-refractivity contribution in [2.45, 2.75) is 77.4 Å². The number of nitrogens with one attached hydrogen (secondary N) is 2. The average Bonchev–Trinajstić information content (AvgIpc) is 3.29. The monoisotopic (exact) mass is 452 g/mol. The summed E-state index contributed by atoms with van der Waals surface area (Å²) in [6.07, 6.45) is 7.11. The van der Waals surface area contributed by atoms with Gasteiger partial charge in [-0.2, -0.15) is 0 Å². The lowest BCUT2D eigenvalue weighted by Crippen LogP contribution is -2.45. The Morgan fingerprint density at radius 2 is 2.04 bits per heavy atom. The summed E-state index contributed by atoms with van der Waals surface area (Å²) >= 11 is 0. The molecule has 2 aliphatic rings. The highest BCUT2D eigenvalue weighted by Gasteiger charge is 2.38. The molecule has 1 saturated carbocycles. The maximum Gasteiger partial charge on any atom is 0.191 e. The van der Waals surface area contributed by atoms with E-state index in [9.17, 15) is 5.11 Å². The van der Waals surface area contributed by atoms with Gasteiger partial charge in [0, 0.05) is 44.4 Å². The van der Waals surface area contributed by atoms with E-state index in [2.05, 4.69) is 36.3 Å².